The Balaban J connectivity index is 1.22. The van der Waals surface area contributed by atoms with E-state index in [2.05, 4.69) is 29.2 Å². The average molecular weight is 372 g/mol. The van der Waals surface area contributed by atoms with Gasteiger partial charge in [0.05, 0.1) is 5.52 Å². The summed E-state index contributed by atoms with van der Waals surface area (Å²) in [5.41, 5.74) is 3.25. The van der Waals surface area contributed by atoms with Crippen LogP contribution in [0.2, 0.25) is 0 Å². The van der Waals surface area contributed by atoms with Crippen LogP contribution >= 0.6 is 0 Å². The Labute approximate surface area is 165 Å². The summed E-state index contributed by atoms with van der Waals surface area (Å²) in [6.07, 6.45) is 6.09. The normalized spacial score (nSPS) is 17.6. The first kappa shape index (κ1) is 17.2. The van der Waals surface area contributed by atoms with Gasteiger partial charge in [-0.15, -0.1) is 0 Å². The first-order chi connectivity index (χ1) is 13.8. The van der Waals surface area contributed by atoms with Crippen LogP contribution in [0.3, 0.4) is 0 Å². The number of rotatable bonds is 4. The summed E-state index contributed by atoms with van der Waals surface area (Å²) >= 11 is 0. The maximum absolute atomic E-state index is 12.2. The molecule has 1 saturated carbocycles. The van der Waals surface area contributed by atoms with Crippen LogP contribution in [0, 0.1) is 5.92 Å². The quantitative estimate of drug-likeness (QED) is 0.668. The lowest BCUT2D eigenvalue weighted by Gasteiger charge is -2.32. The average Bonchev–Trinajstić information content (AvgIpc) is 3.59. The number of likely N-dealkylation sites (tertiary alicyclic amines) is 1. The minimum Gasteiger partial charge on any atom is -0.490 e. The molecule has 1 aliphatic carbocycles. The van der Waals surface area contributed by atoms with Gasteiger partial charge in [-0.1, -0.05) is 30.3 Å². The fraction of sp³-hybridized carbons (Fsp3) is 0.333. The molecule has 1 amide bonds. The van der Waals surface area contributed by atoms with Gasteiger partial charge in [0.25, 0.3) is 0 Å². The van der Waals surface area contributed by atoms with Crippen LogP contribution in [-0.4, -0.2) is 35.0 Å². The van der Waals surface area contributed by atoms with Gasteiger partial charge >= 0.3 is 0 Å². The van der Waals surface area contributed by atoms with Gasteiger partial charge in [0.1, 0.15) is 11.9 Å². The number of piperidine rings is 1. The Morgan fingerprint density at radius 2 is 1.68 bits per heavy atom. The first-order valence-corrected chi connectivity index (χ1v) is 10.2. The summed E-state index contributed by atoms with van der Waals surface area (Å²) in [6.45, 7) is 1.64. The number of carbonyl (C=O) groups is 1. The van der Waals surface area contributed by atoms with E-state index in [1.807, 2.05) is 41.4 Å². The summed E-state index contributed by atoms with van der Waals surface area (Å²) in [5.74, 6) is 1.56. The second kappa shape index (κ2) is 7.27. The molecule has 0 radical (unpaired) electrons. The van der Waals surface area contributed by atoms with E-state index in [-0.39, 0.29) is 6.10 Å². The molecule has 1 aliphatic heterocycles. The van der Waals surface area contributed by atoms with Gasteiger partial charge in [-0.3, -0.25) is 9.78 Å². The van der Waals surface area contributed by atoms with Crippen molar-refractivity contribution in [1.29, 1.82) is 0 Å². The van der Waals surface area contributed by atoms with Gasteiger partial charge in [0, 0.05) is 49.0 Å². The number of hydrogen-bond donors (Lipinski definition) is 0. The number of aromatic nitrogens is 1. The lowest BCUT2D eigenvalue weighted by molar-refractivity contribution is -0.134. The molecular formula is C24H24N2O2. The zero-order valence-electron chi connectivity index (χ0n) is 15.9. The molecule has 3 aromatic rings. The highest BCUT2D eigenvalue weighted by atomic mass is 16.5. The zero-order chi connectivity index (χ0) is 18.9. The molecule has 0 unspecified atom stereocenters. The predicted octanol–water partition coefficient (Wildman–Crippen LogP) is 4.68. The van der Waals surface area contributed by atoms with Crippen molar-refractivity contribution in [3.05, 3.63) is 60.8 Å². The van der Waals surface area contributed by atoms with Crippen molar-refractivity contribution in [2.45, 2.75) is 31.8 Å². The molecule has 4 heteroatoms. The number of amides is 1. The van der Waals surface area contributed by atoms with Crippen LogP contribution in [0.25, 0.3) is 22.0 Å². The standard InChI is InChI=1S/C24H24N2O2/c27-24(18-5-6-18)26-13-11-22(12-14-26)28-21-9-7-17(8-10-21)20-15-19-3-1-2-4-23(19)25-16-20/h1-4,7-10,15-16,18,22H,5-6,11-14H2. The van der Waals surface area contributed by atoms with E-state index in [0.29, 0.717) is 11.8 Å². The lowest BCUT2D eigenvalue weighted by atomic mass is 10.0. The summed E-state index contributed by atoms with van der Waals surface area (Å²) in [7, 11) is 0. The monoisotopic (exact) mass is 372 g/mol. The summed E-state index contributed by atoms with van der Waals surface area (Å²) in [4.78, 5) is 18.7. The van der Waals surface area contributed by atoms with E-state index in [1.165, 1.54) is 0 Å². The van der Waals surface area contributed by atoms with E-state index in [9.17, 15) is 4.79 Å². The smallest absolute Gasteiger partial charge is 0.225 e. The summed E-state index contributed by atoms with van der Waals surface area (Å²) in [6, 6.07) is 18.6. The third-order valence-corrected chi connectivity index (χ3v) is 5.76. The predicted molar refractivity (Wildman–Crippen MR) is 110 cm³/mol. The second-order valence-electron chi connectivity index (χ2n) is 7.86. The Morgan fingerprint density at radius 1 is 0.929 bits per heavy atom. The van der Waals surface area contributed by atoms with E-state index in [1.54, 1.807) is 0 Å². The number of pyridine rings is 1. The maximum Gasteiger partial charge on any atom is 0.225 e. The first-order valence-electron chi connectivity index (χ1n) is 10.2. The summed E-state index contributed by atoms with van der Waals surface area (Å²) in [5, 5.41) is 1.15. The second-order valence-corrected chi connectivity index (χ2v) is 7.86. The molecule has 1 saturated heterocycles. The molecule has 0 atom stereocenters. The molecule has 142 valence electrons. The molecular weight excluding hydrogens is 348 g/mol. The van der Waals surface area contributed by atoms with Gasteiger partial charge in [-0.2, -0.15) is 0 Å². The van der Waals surface area contributed by atoms with Crippen molar-refractivity contribution in [3.8, 4) is 16.9 Å². The van der Waals surface area contributed by atoms with Crippen LogP contribution in [0.4, 0.5) is 0 Å². The molecule has 5 rings (SSSR count). The minimum atomic E-state index is 0.191. The number of carbonyl (C=O) groups excluding carboxylic acids is 1. The molecule has 0 spiro atoms. The van der Waals surface area contributed by atoms with Gasteiger partial charge in [0.2, 0.25) is 5.91 Å². The van der Waals surface area contributed by atoms with E-state index in [4.69, 9.17) is 4.74 Å². The maximum atomic E-state index is 12.2. The Bertz CT molecular complexity index is 987. The Morgan fingerprint density at radius 3 is 2.43 bits per heavy atom. The Hall–Kier alpha value is -2.88. The van der Waals surface area contributed by atoms with Crippen molar-refractivity contribution in [3.63, 3.8) is 0 Å². The minimum absolute atomic E-state index is 0.191. The number of para-hydroxylation sites is 1. The van der Waals surface area contributed by atoms with Crippen molar-refractivity contribution in [1.82, 2.24) is 9.88 Å². The molecule has 0 bridgehead atoms. The van der Waals surface area contributed by atoms with Crippen LogP contribution in [-0.2, 0) is 4.79 Å². The van der Waals surface area contributed by atoms with Crippen LogP contribution in [0.15, 0.2) is 60.8 Å². The van der Waals surface area contributed by atoms with Gasteiger partial charge < -0.3 is 9.64 Å². The highest BCUT2D eigenvalue weighted by molar-refractivity contribution is 5.83. The van der Waals surface area contributed by atoms with Crippen LogP contribution in [0.1, 0.15) is 25.7 Å². The number of ether oxygens (including phenoxy) is 1. The lowest BCUT2D eigenvalue weighted by Crippen LogP contribution is -2.42. The molecule has 2 aliphatic rings. The van der Waals surface area contributed by atoms with Crippen LogP contribution in [0.5, 0.6) is 5.75 Å². The molecule has 2 heterocycles. The molecule has 28 heavy (non-hydrogen) atoms. The SMILES string of the molecule is O=C(C1CC1)N1CCC(Oc2ccc(-c3cnc4ccccc4c3)cc2)CC1. The summed E-state index contributed by atoms with van der Waals surface area (Å²) < 4.78 is 6.17. The highest BCUT2D eigenvalue weighted by Gasteiger charge is 2.35. The number of nitrogens with zero attached hydrogens (tertiary/aromatic N) is 2. The van der Waals surface area contributed by atoms with E-state index < -0.39 is 0 Å². The zero-order valence-corrected chi connectivity index (χ0v) is 15.9. The van der Waals surface area contributed by atoms with Gasteiger partial charge in [-0.05, 0) is 42.7 Å². The van der Waals surface area contributed by atoms with E-state index in [0.717, 1.165) is 66.6 Å². The van der Waals surface area contributed by atoms with Crippen molar-refractivity contribution < 1.29 is 9.53 Å². The van der Waals surface area contributed by atoms with Crippen molar-refractivity contribution in [2.24, 2.45) is 5.92 Å². The fourth-order valence-corrected chi connectivity index (χ4v) is 3.93. The largest absolute Gasteiger partial charge is 0.490 e. The topological polar surface area (TPSA) is 42.4 Å². The molecule has 2 fully saturated rings. The van der Waals surface area contributed by atoms with Gasteiger partial charge in [-0.25, -0.2) is 0 Å². The molecule has 1 aromatic heterocycles. The number of benzene rings is 2. The third-order valence-electron chi connectivity index (χ3n) is 5.76. The Kier molecular flexibility index (Phi) is 4.47. The molecule has 2 aromatic carbocycles. The molecule has 0 N–H and O–H groups in total. The number of hydrogen-bond acceptors (Lipinski definition) is 3. The number of fused-ring (bicyclic) bond motifs is 1. The van der Waals surface area contributed by atoms with E-state index >= 15 is 0 Å². The highest BCUT2D eigenvalue weighted by Crippen LogP contribution is 2.32. The molecule has 4 nitrogen and oxygen atoms in total. The van der Waals surface area contributed by atoms with Crippen molar-refractivity contribution >= 4 is 16.8 Å². The van der Waals surface area contributed by atoms with Crippen LogP contribution < -0.4 is 4.74 Å². The third kappa shape index (κ3) is 3.59. The van der Waals surface area contributed by atoms with Crippen molar-refractivity contribution in [2.75, 3.05) is 13.1 Å². The van der Waals surface area contributed by atoms with Gasteiger partial charge in [0.15, 0.2) is 0 Å². The fourth-order valence-electron chi connectivity index (χ4n) is 3.93.